The number of ether oxygens (including phenoxy) is 2. The summed E-state index contributed by atoms with van der Waals surface area (Å²) in [5.41, 5.74) is 1.11. The zero-order valence-corrected chi connectivity index (χ0v) is 16.6. The number of hydrogen-bond acceptors (Lipinski definition) is 4. The molecule has 2 aromatic rings. The van der Waals surface area contributed by atoms with Crippen LogP contribution < -0.4 is 14.8 Å². The molecular formula is C21H28FN3O3. The lowest BCUT2D eigenvalue weighted by Crippen LogP contribution is -2.40. The van der Waals surface area contributed by atoms with Crippen LogP contribution in [0, 0.1) is 5.82 Å². The molecule has 6 nitrogen and oxygen atoms in total. The van der Waals surface area contributed by atoms with Crippen LogP contribution in [0.5, 0.6) is 11.5 Å². The molecule has 0 fully saturated rings. The van der Waals surface area contributed by atoms with E-state index in [1.807, 2.05) is 43.1 Å². The number of rotatable bonds is 9. The molecule has 0 atom stereocenters. The lowest BCUT2D eigenvalue weighted by molar-refractivity contribution is 0.275. The first-order valence-electron chi connectivity index (χ1n) is 9.21. The van der Waals surface area contributed by atoms with Gasteiger partial charge in [0.1, 0.15) is 23.9 Å². The van der Waals surface area contributed by atoms with Crippen molar-refractivity contribution in [2.45, 2.75) is 20.1 Å². The largest absolute Gasteiger partial charge is 0.497 e. The van der Waals surface area contributed by atoms with Crippen LogP contribution in [0.15, 0.2) is 47.5 Å². The van der Waals surface area contributed by atoms with Crippen molar-refractivity contribution in [1.82, 2.24) is 10.2 Å². The van der Waals surface area contributed by atoms with Crippen LogP contribution in [0.3, 0.4) is 0 Å². The van der Waals surface area contributed by atoms with Gasteiger partial charge in [0, 0.05) is 19.2 Å². The average Bonchev–Trinajstić information content (AvgIpc) is 2.72. The lowest BCUT2D eigenvalue weighted by atomic mass is 10.1. The second-order valence-electron chi connectivity index (χ2n) is 6.20. The molecule has 0 saturated heterocycles. The maximum Gasteiger partial charge on any atom is 0.194 e. The number of aliphatic hydroxyl groups is 1. The molecule has 0 radical (unpaired) electrons. The van der Waals surface area contributed by atoms with Gasteiger partial charge in [0.15, 0.2) is 5.96 Å². The fraction of sp³-hybridized carbons (Fsp3) is 0.381. The van der Waals surface area contributed by atoms with Gasteiger partial charge < -0.3 is 24.8 Å². The minimum Gasteiger partial charge on any atom is -0.497 e. The molecule has 0 aromatic heterocycles. The molecular weight excluding hydrogens is 361 g/mol. The molecule has 0 amide bonds. The number of nitrogens with zero attached hydrogens (tertiary/aromatic N) is 2. The lowest BCUT2D eigenvalue weighted by Gasteiger charge is -2.22. The maximum absolute atomic E-state index is 13.5. The number of methoxy groups -OCH3 is 1. The summed E-state index contributed by atoms with van der Waals surface area (Å²) in [6.45, 7) is 3.93. The number of likely N-dealkylation sites (N-methyl/N-ethyl adjacent to an activating group) is 1. The molecule has 2 N–H and O–H groups in total. The number of guanidine groups is 1. The van der Waals surface area contributed by atoms with Crippen LogP contribution in [-0.4, -0.2) is 49.8 Å². The van der Waals surface area contributed by atoms with E-state index in [1.165, 1.54) is 6.07 Å². The molecule has 0 unspecified atom stereocenters. The predicted molar refractivity (Wildman–Crippen MR) is 108 cm³/mol. The molecule has 0 aliphatic rings. The predicted octanol–water partition coefficient (Wildman–Crippen LogP) is 2.80. The van der Waals surface area contributed by atoms with E-state index >= 15 is 0 Å². The van der Waals surface area contributed by atoms with Crippen LogP contribution in [0.4, 0.5) is 4.39 Å². The number of aliphatic imine (C=N–C) groups is 1. The highest BCUT2D eigenvalue weighted by Crippen LogP contribution is 2.17. The molecule has 2 rings (SSSR count). The Hall–Kier alpha value is -2.80. The van der Waals surface area contributed by atoms with Crippen LogP contribution >= 0.6 is 0 Å². The van der Waals surface area contributed by atoms with Gasteiger partial charge >= 0.3 is 0 Å². The van der Waals surface area contributed by atoms with Crippen molar-refractivity contribution in [2.24, 2.45) is 4.99 Å². The third-order valence-electron chi connectivity index (χ3n) is 4.14. The van der Waals surface area contributed by atoms with E-state index in [0.29, 0.717) is 19.7 Å². The highest BCUT2D eigenvalue weighted by molar-refractivity contribution is 5.79. The van der Waals surface area contributed by atoms with E-state index in [2.05, 4.69) is 10.3 Å². The minimum atomic E-state index is -0.407. The van der Waals surface area contributed by atoms with Crippen molar-refractivity contribution < 1.29 is 19.0 Å². The molecule has 7 heteroatoms. The van der Waals surface area contributed by atoms with E-state index in [9.17, 15) is 9.50 Å². The first-order chi connectivity index (χ1) is 13.6. The summed E-state index contributed by atoms with van der Waals surface area (Å²) >= 11 is 0. The zero-order chi connectivity index (χ0) is 20.4. The van der Waals surface area contributed by atoms with Crippen LogP contribution in [-0.2, 0) is 13.2 Å². The summed E-state index contributed by atoms with van der Waals surface area (Å²) in [6.07, 6.45) is 0. The van der Waals surface area contributed by atoms with Gasteiger partial charge in [-0.2, -0.15) is 0 Å². The van der Waals surface area contributed by atoms with E-state index in [-0.39, 0.29) is 12.2 Å². The topological polar surface area (TPSA) is 66.3 Å². The molecule has 0 bridgehead atoms. The smallest absolute Gasteiger partial charge is 0.194 e. The SMILES string of the molecule is CCNC(=NCc1ccc(F)c(CO)c1)N(C)CCOc1ccc(OC)cc1. The van der Waals surface area contributed by atoms with Crippen molar-refractivity contribution in [3.05, 3.63) is 59.4 Å². The van der Waals surface area contributed by atoms with Crippen molar-refractivity contribution in [3.8, 4) is 11.5 Å². The van der Waals surface area contributed by atoms with E-state index in [0.717, 1.165) is 29.6 Å². The molecule has 0 spiro atoms. The summed E-state index contributed by atoms with van der Waals surface area (Å²) in [7, 11) is 3.56. The summed E-state index contributed by atoms with van der Waals surface area (Å²) in [5, 5.41) is 12.4. The average molecular weight is 389 g/mol. The van der Waals surface area contributed by atoms with E-state index in [4.69, 9.17) is 9.47 Å². The summed E-state index contributed by atoms with van der Waals surface area (Å²) in [6, 6.07) is 12.1. The Morgan fingerprint density at radius 3 is 2.54 bits per heavy atom. The van der Waals surface area contributed by atoms with Gasteiger partial charge in [0.2, 0.25) is 0 Å². The molecule has 0 aliphatic carbocycles. The highest BCUT2D eigenvalue weighted by Gasteiger charge is 2.07. The van der Waals surface area contributed by atoms with Crippen molar-refractivity contribution in [2.75, 3.05) is 33.9 Å². The Labute approximate surface area is 165 Å². The normalized spacial score (nSPS) is 11.2. The number of benzene rings is 2. The Kier molecular flexibility index (Phi) is 8.55. The van der Waals surface area contributed by atoms with E-state index in [1.54, 1.807) is 19.2 Å². The van der Waals surface area contributed by atoms with Gasteiger partial charge in [0.05, 0.1) is 26.8 Å². The summed E-state index contributed by atoms with van der Waals surface area (Å²) in [4.78, 5) is 6.57. The summed E-state index contributed by atoms with van der Waals surface area (Å²) in [5.74, 6) is 1.89. The van der Waals surface area contributed by atoms with Crippen LogP contribution in [0.25, 0.3) is 0 Å². The van der Waals surface area contributed by atoms with Crippen molar-refractivity contribution in [1.29, 1.82) is 0 Å². The van der Waals surface area contributed by atoms with E-state index < -0.39 is 5.82 Å². The van der Waals surface area contributed by atoms with Crippen LogP contribution in [0.1, 0.15) is 18.1 Å². The standard InChI is InChI=1S/C21H28FN3O3/c1-4-23-21(24-14-16-5-10-20(22)17(13-16)15-26)25(2)11-12-28-19-8-6-18(27-3)7-9-19/h5-10,13,26H,4,11-12,14-15H2,1-3H3,(H,23,24). The zero-order valence-electron chi connectivity index (χ0n) is 16.6. The first kappa shape index (κ1) is 21.5. The second kappa shape index (κ2) is 11.1. The molecule has 2 aromatic carbocycles. The summed E-state index contributed by atoms with van der Waals surface area (Å²) < 4.78 is 24.4. The van der Waals surface area contributed by atoms with Crippen molar-refractivity contribution >= 4 is 5.96 Å². The molecule has 0 aliphatic heterocycles. The molecule has 152 valence electrons. The molecule has 0 saturated carbocycles. The van der Waals surface area contributed by atoms with Crippen molar-refractivity contribution in [3.63, 3.8) is 0 Å². The van der Waals surface area contributed by atoms with Gasteiger partial charge in [-0.25, -0.2) is 9.38 Å². The third-order valence-corrected chi connectivity index (χ3v) is 4.14. The van der Waals surface area contributed by atoms with Gasteiger partial charge in [-0.1, -0.05) is 6.07 Å². The quantitative estimate of drug-likeness (QED) is 0.510. The minimum absolute atomic E-state index is 0.277. The van der Waals surface area contributed by atoms with Gasteiger partial charge in [0.25, 0.3) is 0 Å². The number of nitrogens with one attached hydrogen (secondary N) is 1. The Morgan fingerprint density at radius 2 is 1.89 bits per heavy atom. The van der Waals surface area contributed by atoms with Gasteiger partial charge in [-0.3, -0.25) is 0 Å². The Balaban J connectivity index is 1.92. The first-order valence-corrected chi connectivity index (χ1v) is 9.21. The highest BCUT2D eigenvalue weighted by atomic mass is 19.1. The van der Waals surface area contributed by atoms with Gasteiger partial charge in [-0.05, 0) is 48.9 Å². The Bertz CT molecular complexity index is 766. The van der Waals surface area contributed by atoms with Gasteiger partial charge in [-0.15, -0.1) is 0 Å². The Morgan fingerprint density at radius 1 is 1.18 bits per heavy atom. The third kappa shape index (κ3) is 6.42. The molecule has 0 heterocycles. The number of aliphatic hydroxyl groups excluding tert-OH is 1. The molecule has 28 heavy (non-hydrogen) atoms. The maximum atomic E-state index is 13.5. The number of hydrogen-bond donors (Lipinski definition) is 2. The number of halogens is 1. The fourth-order valence-electron chi connectivity index (χ4n) is 2.56. The monoisotopic (exact) mass is 389 g/mol. The van der Waals surface area contributed by atoms with Crippen LogP contribution in [0.2, 0.25) is 0 Å². The second-order valence-corrected chi connectivity index (χ2v) is 6.20. The fourth-order valence-corrected chi connectivity index (χ4v) is 2.56.